The molecule has 28 heavy (non-hydrogen) atoms. The van der Waals surface area contributed by atoms with Crippen LogP contribution in [-0.2, 0) is 16.1 Å². The van der Waals surface area contributed by atoms with Crippen molar-refractivity contribution >= 4 is 48.9 Å². The van der Waals surface area contributed by atoms with Crippen molar-refractivity contribution in [2.45, 2.75) is 25.4 Å². The number of pyridine rings is 1. The van der Waals surface area contributed by atoms with Gasteiger partial charge >= 0.3 is 0 Å². The number of carbonyl (C=O) groups excluding carboxylic acids is 1. The van der Waals surface area contributed by atoms with Crippen molar-refractivity contribution in [1.82, 2.24) is 15.2 Å². The highest BCUT2D eigenvalue weighted by Crippen LogP contribution is 2.20. The Labute approximate surface area is 186 Å². The van der Waals surface area contributed by atoms with E-state index in [4.69, 9.17) is 10.5 Å². The number of rotatable bonds is 5. The Balaban J connectivity index is 0.00000243. The van der Waals surface area contributed by atoms with Crippen molar-refractivity contribution in [1.29, 1.82) is 0 Å². The number of carbonyl (C=O) groups is 1. The van der Waals surface area contributed by atoms with Crippen LogP contribution in [0.4, 0.5) is 5.82 Å². The van der Waals surface area contributed by atoms with Crippen LogP contribution in [0.2, 0.25) is 0 Å². The maximum absolute atomic E-state index is 12.4. The van der Waals surface area contributed by atoms with Gasteiger partial charge < -0.3 is 25.6 Å². The Morgan fingerprint density at radius 2 is 1.89 bits per heavy atom. The van der Waals surface area contributed by atoms with Gasteiger partial charge in [0.2, 0.25) is 5.91 Å². The standard InChI is InChI=1S/C18H29N5O2.3ClH/c1-22-7-9-23(10-8-22)17-15(3-2-6-20-17)13-21-18(24)16(19)14-4-11-25-12-5-14;;;/h2-3,6,14,16H,4-5,7-13,19H2,1H3,(H,21,24);3*1H. The number of aromatic nitrogens is 1. The number of nitrogens with one attached hydrogen (secondary N) is 1. The summed E-state index contributed by atoms with van der Waals surface area (Å²) in [6, 6.07) is 3.48. The van der Waals surface area contributed by atoms with Gasteiger partial charge in [-0.3, -0.25) is 4.79 Å². The quantitative estimate of drug-likeness (QED) is 0.698. The largest absolute Gasteiger partial charge is 0.381 e. The van der Waals surface area contributed by atoms with Crippen LogP contribution in [0.15, 0.2) is 18.3 Å². The first kappa shape index (κ1) is 27.2. The zero-order valence-corrected chi connectivity index (χ0v) is 18.7. The Morgan fingerprint density at radius 3 is 2.54 bits per heavy atom. The number of halogens is 3. The molecule has 3 N–H and O–H groups in total. The highest BCUT2D eigenvalue weighted by Gasteiger charge is 2.26. The van der Waals surface area contributed by atoms with Gasteiger partial charge in [0.1, 0.15) is 5.82 Å². The summed E-state index contributed by atoms with van der Waals surface area (Å²) in [4.78, 5) is 21.6. The van der Waals surface area contributed by atoms with E-state index in [1.54, 1.807) is 0 Å². The molecule has 1 aromatic rings. The minimum Gasteiger partial charge on any atom is -0.381 e. The molecule has 3 rings (SSSR count). The minimum absolute atomic E-state index is 0. The van der Waals surface area contributed by atoms with Gasteiger partial charge in [-0.2, -0.15) is 0 Å². The second kappa shape index (κ2) is 13.4. The molecule has 0 radical (unpaired) electrons. The van der Waals surface area contributed by atoms with Gasteiger partial charge in [0.25, 0.3) is 0 Å². The van der Waals surface area contributed by atoms with E-state index in [-0.39, 0.29) is 49.0 Å². The normalized spacial score (nSPS) is 18.9. The van der Waals surface area contributed by atoms with E-state index in [1.165, 1.54) is 0 Å². The monoisotopic (exact) mass is 455 g/mol. The molecule has 2 fully saturated rings. The third-order valence-corrected chi connectivity index (χ3v) is 5.20. The van der Waals surface area contributed by atoms with E-state index in [1.807, 2.05) is 18.3 Å². The summed E-state index contributed by atoms with van der Waals surface area (Å²) in [6.45, 7) is 5.81. The number of nitrogens with zero attached hydrogens (tertiary/aromatic N) is 3. The lowest BCUT2D eigenvalue weighted by Gasteiger charge is -2.34. The SMILES string of the molecule is CN1CCN(c2ncccc2CNC(=O)C(N)C2CCOCC2)CC1.Cl.Cl.Cl. The highest BCUT2D eigenvalue weighted by molar-refractivity contribution is 5.86. The predicted molar refractivity (Wildman–Crippen MR) is 119 cm³/mol. The lowest BCUT2D eigenvalue weighted by molar-refractivity contribution is -0.124. The molecule has 1 amide bonds. The van der Waals surface area contributed by atoms with Crippen molar-refractivity contribution in [3.63, 3.8) is 0 Å². The van der Waals surface area contributed by atoms with Crippen LogP contribution >= 0.6 is 37.2 Å². The van der Waals surface area contributed by atoms with Gasteiger partial charge in [-0.1, -0.05) is 6.07 Å². The molecular formula is C18H32Cl3N5O2. The predicted octanol–water partition coefficient (Wildman–Crippen LogP) is 1.47. The number of likely N-dealkylation sites (N-methyl/N-ethyl adjacent to an activating group) is 1. The van der Waals surface area contributed by atoms with Crippen LogP contribution in [0.25, 0.3) is 0 Å². The Bertz CT molecular complexity index is 582. The maximum atomic E-state index is 12.4. The lowest BCUT2D eigenvalue weighted by Crippen LogP contribution is -2.47. The molecule has 0 spiro atoms. The number of nitrogens with two attached hydrogens (primary N) is 1. The summed E-state index contributed by atoms with van der Waals surface area (Å²) < 4.78 is 5.34. The summed E-state index contributed by atoms with van der Waals surface area (Å²) in [6.07, 6.45) is 3.52. The molecular weight excluding hydrogens is 425 g/mol. The zero-order valence-electron chi connectivity index (χ0n) is 16.2. The number of ether oxygens (including phenoxy) is 1. The van der Waals surface area contributed by atoms with Gasteiger partial charge in [0, 0.05) is 57.7 Å². The molecule has 1 atom stereocenters. The molecule has 1 aromatic heterocycles. The molecule has 0 aliphatic carbocycles. The summed E-state index contributed by atoms with van der Waals surface area (Å²) in [5, 5.41) is 3.00. The van der Waals surface area contributed by atoms with Crippen molar-refractivity contribution < 1.29 is 9.53 Å². The van der Waals surface area contributed by atoms with Gasteiger partial charge in [0.05, 0.1) is 6.04 Å². The lowest BCUT2D eigenvalue weighted by atomic mass is 9.92. The molecule has 0 saturated carbocycles. The molecule has 3 heterocycles. The second-order valence-electron chi connectivity index (χ2n) is 6.97. The van der Waals surface area contributed by atoms with E-state index in [0.29, 0.717) is 19.8 Å². The van der Waals surface area contributed by atoms with Crippen LogP contribution in [0.3, 0.4) is 0 Å². The van der Waals surface area contributed by atoms with Crippen LogP contribution in [0.1, 0.15) is 18.4 Å². The average molecular weight is 457 g/mol. The minimum atomic E-state index is -0.465. The van der Waals surface area contributed by atoms with Gasteiger partial charge in [0.15, 0.2) is 0 Å². The van der Waals surface area contributed by atoms with Crippen LogP contribution < -0.4 is 16.0 Å². The fourth-order valence-corrected chi connectivity index (χ4v) is 3.46. The van der Waals surface area contributed by atoms with Crippen molar-refractivity contribution in [3.05, 3.63) is 23.9 Å². The Morgan fingerprint density at radius 1 is 1.25 bits per heavy atom. The Hall–Kier alpha value is -0.830. The zero-order chi connectivity index (χ0) is 17.6. The topological polar surface area (TPSA) is 83.7 Å². The number of anilines is 1. The second-order valence-corrected chi connectivity index (χ2v) is 6.97. The average Bonchev–Trinajstić information content (AvgIpc) is 2.67. The molecule has 1 unspecified atom stereocenters. The third-order valence-electron chi connectivity index (χ3n) is 5.20. The van der Waals surface area contributed by atoms with E-state index < -0.39 is 6.04 Å². The molecule has 0 bridgehead atoms. The summed E-state index contributed by atoms with van der Waals surface area (Å²) in [5.74, 6) is 1.09. The highest BCUT2D eigenvalue weighted by atomic mass is 35.5. The van der Waals surface area contributed by atoms with Crippen molar-refractivity contribution in [3.8, 4) is 0 Å². The maximum Gasteiger partial charge on any atom is 0.237 e. The fourth-order valence-electron chi connectivity index (χ4n) is 3.46. The third kappa shape index (κ3) is 7.21. The Kier molecular flexibility index (Phi) is 13.0. The summed E-state index contributed by atoms with van der Waals surface area (Å²) in [7, 11) is 2.13. The molecule has 10 heteroatoms. The summed E-state index contributed by atoms with van der Waals surface area (Å²) >= 11 is 0. The van der Waals surface area contributed by atoms with Gasteiger partial charge in [-0.05, 0) is 31.9 Å². The number of piperazine rings is 1. The first-order valence-corrected chi connectivity index (χ1v) is 9.13. The van der Waals surface area contributed by atoms with Gasteiger partial charge in [-0.25, -0.2) is 4.98 Å². The first-order valence-electron chi connectivity index (χ1n) is 9.13. The van der Waals surface area contributed by atoms with Crippen molar-refractivity contribution in [2.75, 3.05) is 51.3 Å². The van der Waals surface area contributed by atoms with Crippen molar-refractivity contribution in [2.24, 2.45) is 11.7 Å². The fraction of sp³-hybridized carbons (Fsp3) is 0.667. The molecule has 2 saturated heterocycles. The number of hydrogen-bond donors (Lipinski definition) is 2. The molecule has 0 aromatic carbocycles. The van der Waals surface area contributed by atoms with E-state index in [9.17, 15) is 4.79 Å². The molecule has 2 aliphatic heterocycles. The van der Waals surface area contributed by atoms with Crippen LogP contribution in [0, 0.1) is 5.92 Å². The smallest absolute Gasteiger partial charge is 0.237 e. The molecule has 7 nitrogen and oxygen atoms in total. The molecule has 162 valence electrons. The summed E-state index contributed by atoms with van der Waals surface area (Å²) in [5.41, 5.74) is 7.19. The first-order chi connectivity index (χ1) is 12.1. The van der Waals surface area contributed by atoms with Crippen LogP contribution in [-0.4, -0.2) is 68.3 Å². The van der Waals surface area contributed by atoms with E-state index >= 15 is 0 Å². The van der Waals surface area contributed by atoms with Gasteiger partial charge in [-0.15, -0.1) is 37.2 Å². The van der Waals surface area contributed by atoms with E-state index in [2.05, 4.69) is 27.1 Å². The number of amides is 1. The van der Waals surface area contributed by atoms with E-state index in [0.717, 1.165) is 50.4 Å². The van der Waals surface area contributed by atoms with Crippen LogP contribution in [0.5, 0.6) is 0 Å². The molecule has 2 aliphatic rings. The number of hydrogen-bond acceptors (Lipinski definition) is 6.